The van der Waals surface area contributed by atoms with Crippen molar-refractivity contribution in [2.45, 2.75) is 33.4 Å². The van der Waals surface area contributed by atoms with Gasteiger partial charge in [-0.25, -0.2) is 0 Å². The van der Waals surface area contributed by atoms with Crippen LogP contribution in [0.2, 0.25) is 0 Å². The smallest absolute Gasteiger partial charge is 0.122 e. The third-order valence-corrected chi connectivity index (χ3v) is 4.18. The van der Waals surface area contributed by atoms with Crippen LogP contribution in [0.15, 0.2) is 16.7 Å². The predicted molar refractivity (Wildman–Crippen MR) is 87.2 cm³/mol. The first-order chi connectivity index (χ1) is 10.0. The summed E-state index contributed by atoms with van der Waals surface area (Å²) in [6.45, 7) is 11.0. The zero-order valence-electron chi connectivity index (χ0n) is 14.1. The van der Waals surface area contributed by atoms with Crippen LogP contribution in [-0.4, -0.2) is 50.1 Å². The maximum Gasteiger partial charge on any atom is 0.122 e. The number of rotatable bonds is 8. The van der Waals surface area contributed by atoms with Crippen LogP contribution in [0.1, 0.15) is 31.6 Å². The summed E-state index contributed by atoms with van der Waals surface area (Å²) in [5.74, 6) is 2.60. The first kappa shape index (κ1) is 16.5. The van der Waals surface area contributed by atoms with Gasteiger partial charge in [-0.05, 0) is 51.5 Å². The number of hydrogen-bond acceptors (Lipinski definition) is 4. The molecule has 4 nitrogen and oxygen atoms in total. The molecule has 1 N–H and O–H groups in total. The maximum absolute atomic E-state index is 5.69. The van der Waals surface area contributed by atoms with Gasteiger partial charge in [0.15, 0.2) is 0 Å². The van der Waals surface area contributed by atoms with Crippen molar-refractivity contribution in [1.29, 1.82) is 0 Å². The molecule has 4 heteroatoms. The van der Waals surface area contributed by atoms with E-state index in [2.05, 4.69) is 49.1 Å². The van der Waals surface area contributed by atoms with E-state index in [9.17, 15) is 0 Å². The molecule has 0 amide bonds. The molecule has 2 heterocycles. The number of furan rings is 1. The summed E-state index contributed by atoms with van der Waals surface area (Å²) in [5, 5.41) is 3.49. The summed E-state index contributed by atoms with van der Waals surface area (Å²) in [5.41, 5.74) is 1.30. The van der Waals surface area contributed by atoms with E-state index in [4.69, 9.17) is 4.42 Å². The van der Waals surface area contributed by atoms with E-state index in [1.807, 2.05) is 6.26 Å². The van der Waals surface area contributed by atoms with Gasteiger partial charge in [-0.2, -0.15) is 0 Å². The third-order valence-electron chi connectivity index (χ3n) is 4.18. The molecule has 2 rings (SSSR count). The van der Waals surface area contributed by atoms with Crippen molar-refractivity contribution < 1.29 is 4.42 Å². The Morgan fingerprint density at radius 2 is 2.29 bits per heavy atom. The second-order valence-corrected chi connectivity index (χ2v) is 7.01. The molecule has 0 bridgehead atoms. The van der Waals surface area contributed by atoms with Crippen molar-refractivity contribution >= 4 is 0 Å². The molecule has 1 saturated heterocycles. The normalized spacial score (nSPS) is 20.0. The van der Waals surface area contributed by atoms with Gasteiger partial charge in [0.25, 0.3) is 0 Å². The van der Waals surface area contributed by atoms with Gasteiger partial charge >= 0.3 is 0 Å². The molecule has 0 radical (unpaired) electrons. The molecule has 0 aromatic carbocycles. The summed E-state index contributed by atoms with van der Waals surface area (Å²) in [6, 6.07) is 2.10. The Hall–Kier alpha value is -0.840. The van der Waals surface area contributed by atoms with Crippen LogP contribution >= 0.6 is 0 Å². The van der Waals surface area contributed by atoms with Crippen molar-refractivity contribution in [1.82, 2.24) is 15.1 Å². The fraction of sp³-hybridized carbons (Fsp3) is 0.765. The highest BCUT2D eigenvalue weighted by molar-refractivity contribution is 5.16. The lowest BCUT2D eigenvalue weighted by atomic mass is 10.1. The molecule has 0 saturated carbocycles. The summed E-state index contributed by atoms with van der Waals surface area (Å²) in [7, 11) is 4.41. The molecule has 1 aliphatic rings. The number of likely N-dealkylation sites (tertiary alicyclic amines) is 1. The summed E-state index contributed by atoms with van der Waals surface area (Å²) >= 11 is 0. The quantitative estimate of drug-likeness (QED) is 0.797. The SMILES string of the molecule is CC(C)CNCc1ccoc1CN(C)CC1CCN(C)C1. The Morgan fingerprint density at radius 3 is 2.95 bits per heavy atom. The Labute approximate surface area is 129 Å². The van der Waals surface area contributed by atoms with Crippen LogP contribution in [-0.2, 0) is 13.1 Å². The molecule has 1 unspecified atom stereocenters. The van der Waals surface area contributed by atoms with E-state index in [0.29, 0.717) is 5.92 Å². The minimum Gasteiger partial charge on any atom is -0.468 e. The van der Waals surface area contributed by atoms with Gasteiger partial charge < -0.3 is 14.6 Å². The molecule has 21 heavy (non-hydrogen) atoms. The average molecular weight is 293 g/mol. The van der Waals surface area contributed by atoms with Crippen LogP contribution in [0.5, 0.6) is 0 Å². The van der Waals surface area contributed by atoms with Crippen LogP contribution in [0.25, 0.3) is 0 Å². The predicted octanol–water partition coefficient (Wildman–Crippen LogP) is 2.41. The van der Waals surface area contributed by atoms with Crippen molar-refractivity contribution in [2.24, 2.45) is 11.8 Å². The van der Waals surface area contributed by atoms with Crippen molar-refractivity contribution in [3.8, 4) is 0 Å². The van der Waals surface area contributed by atoms with Gasteiger partial charge in [-0.3, -0.25) is 4.90 Å². The minimum atomic E-state index is 0.683. The highest BCUT2D eigenvalue weighted by atomic mass is 16.3. The molecule has 1 aromatic rings. The molecule has 1 aliphatic heterocycles. The van der Waals surface area contributed by atoms with Gasteiger partial charge in [0.1, 0.15) is 5.76 Å². The minimum absolute atomic E-state index is 0.683. The highest BCUT2D eigenvalue weighted by Crippen LogP contribution is 2.18. The van der Waals surface area contributed by atoms with E-state index in [1.54, 1.807) is 0 Å². The highest BCUT2D eigenvalue weighted by Gasteiger charge is 2.21. The average Bonchev–Trinajstić information content (AvgIpc) is 2.99. The lowest BCUT2D eigenvalue weighted by Crippen LogP contribution is -2.27. The second kappa shape index (κ2) is 7.97. The maximum atomic E-state index is 5.69. The first-order valence-corrected chi connectivity index (χ1v) is 8.17. The van der Waals surface area contributed by atoms with E-state index < -0.39 is 0 Å². The summed E-state index contributed by atoms with van der Waals surface area (Å²) in [6.07, 6.45) is 3.14. The van der Waals surface area contributed by atoms with Crippen molar-refractivity contribution in [2.75, 3.05) is 40.3 Å². The zero-order valence-corrected chi connectivity index (χ0v) is 14.1. The Kier molecular flexibility index (Phi) is 6.27. The van der Waals surface area contributed by atoms with Crippen LogP contribution in [0, 0.1) is 11.8 Å². The van der Waals surface area contributed by atoms with E-state index >= 15 is 0 Å². The number of hydrogen-bond donors (Lipinski definition) is 1. The fourth-order valence-corrected chi connectivity index (χ4v) is 3.08. The monoisotopic (exact) mass is 293 g/mol. The Balaban J connectivity index is 1.78. The van der Waals surface area contributed by atoms with Crippen LogP contribution in [0.3, 0.4) is 0 Å². The molecule has 1 aromatic heterocycles. The topological polar surface area (TPSA) is 31.7 Å². The first-order valence-electron chi connectivity index (χ1n) is 8.17. The summed E-state index contributed by atoms with van der Waals surface area (Å²) in [4.78, 5) is 4.82. The number of nitrogens with one attached hydrogen (secondary N) is 1. The molecular weight excluding hydrogens is 262 g/mol. The zero-order chi connectivity index (χ0) is 15.2. The van der Waals surface area contributed by atoms with E-state index in [-0.39, 0.29) is 0 Å². The van der Waals surface area contributed by atoms with E-state index in [0.717, 1.165) is 37.9 Å². The molecule has 120 valence electrons. The van der Waals surface area contributed by atoms with Crippen LogP contribution < -0.4 is 5.32 Å². The van der Waals surface area contributed by atoms with Crippen molar-refractivity contribution in [3.05, 3.63) is 23.7 Å². The van der Waals surface area contributed by atoms with E-state index in [1.165, 1.54) is 25.1 Å². The second-order valence-electron chi connectivity index (χ2n) is 7.01. The van der Waals surface area contributed by atoms with Gasteiger partial charge in [-0.1, -0.05) is 13.8 Å². The molecular formula is C17H31N3O. The lowest BCUT2D eigenvalue weighted by Gasteiger charge is -2.20. The third kappa shape index (κ3) is 5.46. The molecule has 0 aliphatic carbocycles. The molecule has 1 atom stereocenters. The number of nitrogens with zero attached hydrogens (tertiary/aromatic N) is 2. The fourth-order valence-electron chi connectivity index (χ4n) is 3.08. The molecule has 0 spiro atoms. The Morgan fingerprint density at radius 1 is 1.48 bits per heavy atom. The van der Waals surface area contributed by atoms with Gasteiger partial charge in [0.05, 0.1) is 12.8 Å². The standard InChI is InChI=1S/C17H31N3O/c1-14(2)9-18-10-16-6-8-21-17(16)13-20(4)12-15-5-7-19(3)11-15/h6,8,14-15,18H,5,7,9-13H2,1-4H3. The van der Waals surface area contributed by atoms with Gasteiger partial charge in [0, 0.05) is 25.2 Å². The Bertz CT molecular complexity index is 416. The van der Waals surface area contributed by atoms with Gasteiger partial charge in [0.2, 0.25) is 0 Å². The lowest BCUT2D eigenvalue weighted by molar-refractivity contribution is 0.247. The molecule has 1 fully saturated rings. The van der Waals surface area contributed by atoms with Crippen LogP contribution in [0.4, 0.5) is 0 Å². The largest absolute Gasteiger partial charge is 0.468 e. The van der Waals surface area contributed by atoms with Crippen molar-refractivity contribution in [3.63, 3.8) is 0 Å². The van der Waals surface area contributed by atoms with Gasteiger partial charge in [-0.15, -0.1) is 0 Å². The summed E-state index contributed by atoms with van der Waals surface area (Å²) < 4.78 is 5.69.